The summed E-state index contributed by atoms with van der Waals surface area (Å²) in [6.07, 6.45) is 0. The molecule has 4 aromatic rings. The summed E-state index contributed by atoms with van der Waals surface area (Å²) in [6, 6.07) is 14.5. The molecular weight excluding hydrogens is 478 g/mol. The molecule has 4 rings (SSSR count). The number of para-hydroxylation sites is 2. The van der Waals surface area contributed by atoms with E-state index in [4.69, 9.17) is 0 Å². The zero-order valence-corrected chi connectivity index (χ0v) is 20.1. The molecule has 0 unspecified atom stereocenters. The van der Waals surface area contributed by atoms with Crippen molar-refractivity contribution >= 4 is 39.2 Å². The van der Waals surface area contributed by atoms with E-state index in [2.05, 4.69) is 9.97 Å². The molecule has 140 valence electrons. The summed E-state index contributed by atoms with van der Waals surface area (Å²) in [5, 5.41) is 24.8. The summed E-state index contributed by atoms with van der Waals surface area (Å²) < 4.78 is 0. The van der Waals surface area contributed by atoms with E-state index in [1.165, 1.54) is 0 Å². The first-order chi connectivity index (χ1) is 12.4. The first-order valence-electron chi connectivity index (χ1n) is 8.45. The molecule has 0 saturated carbocycles. The van der Waals surface area contributed by atoms with E-state index < -0.39 is 0 Å². The Labute approximate surface area is 192 Å². The van der Waals surface area contributed by atoms with Crippen LogP contribution in [-0.2, 0) is 0 Å². The maximum absolute atomic E-state index is 11.4. The third-order valence-electron chi connectivity index (χ3n) is 4.27. The molecule has 2 aromatic heterocycles. The molecule has 0 saturated heterocycles. The van der Waals surface area contributed by atoms with Crippen molar-refractivity contribution in [2.45, 2.75) is 27.7 Å². The van der Waals surface area contributed by atoms with Crippen LogP contribution in [0.4, 0.5) is 0 Å². The van der Waals surface area contributed by atoms with Gasteiger partial charge in [-0.3, -0.25) is 9.97 Å². The summed E-state index contributed by atoms with van der Waals surface area (Å²) in [6.45, 7) is 7.80. The SMILES string of the molecule is Cc1cc(C)c2cccc([O-])c2n1.Cc1cc(C)c2cccc([O-])c2n1.[Al+3].[IH2+]. The minimum atomic E-state index is 0. The van der Waals surface area contributed by atoms with Crippen molar-refractivity contribution in [2.75, 3.05) is 0 Å². The Morgan fingerprint density at radius 3 is 1.36 bits per heavy atom. The van der Waals surface area contributed by atoms with E-state index >= 15 is 0 Å². The molecule has 0 atom stereocenters. The number of benzene rings is 2. The third kappa shape index (κ3) is 5.13. The van der Waals surface area contributed by atoms with E-state index in [-0.39, 0.29) is 52.8 Å². The molecule has 2 heterocycles. The maximum atomic E-state index is 11.4. The second kappa shape index (κ2) is 10.1. The number of aryl methyl sites for hydroxylation is 4. The smallest absolute Gasteiger partial charge is 0.871 e. The summed E-state index contributed by atoms with van der Waals surface area (Å²) in [5.41, 5.74) is 5.18. The van der Waals surface area contributed by atoms with Gasteiger partial charge in [-0.15, -0.1) is 0 Å². The fraction of sp³-hybridized carbons (Fsp3) is 0.182. The van der Waals surface area contributed by atoms with Crippen LogP contribution < -0.4 is 34.2 Å². The molecule has 0 amide bonds. The fourth-order valence-electron chi connectivity index (χ4n) is 3.11. The fourth-order valence-corrected chi connectivity index (χ4v) is 3.11. The number of fused-ring (bicyclic) bond motifs is 2. The van der Waals surface area contributed by atoms with Gasteiger partial charge in [-0.25, -0.2) is 0 Å². The standard InChI is InChI=1S/2C11H11NO.Al.H2I/c2*1-7-6-8(2)12-11-9(7)4-3-5-10(11)13;;/h2*3-6,13H,1-2H3;;1H2/q;;+3;+1/p-2. The van der Waals surface area contributed by atoms with Crippen LogP contribution in [-0.4, -0.2) is 27.3 Å². The number of pyridine rings is 2. The zero-order chi connectivity index (χ0) is 18.8. The summed E-state index contributed by atoms with van der Waals surface area (Å²) in [5.74, 6) is 0.00796. The summed E-state index contributed by atoms with van der Waals surface area (Å²) in [7, 11) is 0. The number of aromatic nitrogens is 2. The van der Waals surface area contributed by atoms with Crippen LogP contribution in [0, 0.1) is 27.7 Å². The maximum Gasteiger partial charge on any atom is 3.00 e. The molecular formula is C22H22AlIN2O2+2. The normalized spacial score (nSPS) is 9.86. The van der Waals surface area contributed by atoms with Crippen molar-refractivity contribution < 1.29 is 34.2 Å². The van der Waals surface area contributed by atoms with Crippen molar-refractivity contribution in [3.63, 3.8) is 0 Å². The Morgan fingerprint density at radius 2 is 1.00 bits per heavy atom. The van der Waals surface area contributed by atoms with E-state index in [0.717, 1.165) is 33.3 Å². The quantitative estimate of drug-likeness (QED) is 0.251. The average molecular weight is 500 g/mol. The number of hydrogen-bond donors (Lipinski definition) is 0. The first-order valence-corrected chi connectivity index (χ1v) is 8.45. The van der Waals surface area contributed by atoms with E-state index in [0.29, 0.717) is 11.0 Å². The molecule has 2 aromatic carbocycles. The van der Waals surface area contributed by atoms with Gasteiger partial charge in [0, 0.05) is 22.2 Å². The molecule has 28 heavy (non-hydrogen) atoms. The number of halogens is 1. The predicted octanol–water partition coefficient (Wildman–Crippen LogP) is -0.0617. The van der Waals surface area contributed by atoms with Gasteiger partial charge >= 0.3 is 17.4 Å². The Balaban J connectivity index is 0.000000261. The van der Waals surface area contributed by atoms with Gasteiger partial charge in [0.2, 0.25) is 24.0 Å². The molecule has 6 heteroatoms. The van der Waals surface area contributed by atoms with Gasteiger partial charge in [0.15, 0.2) is 0 Å². The van der Waals surface area contributed by atoms with E-state index in [9.17, 15) is 10.2 Å². The molecule has 0 fully saturated rings. The Hall–Kier alpha value is -1.88. The average Bonchev–Trinajstić information content (AvgIpc) is 2.57. The molecule has 0 N–H and O–H groups in total. The van der Waals surface area contributed by atoms with Gasteiger partial charge in [-0.05, 0) is 51.0 Å². The number of hydrogen-bond acceptors (Lipinski definition) is 4. The van der Waals surface area contributed by atoms with Crippen molar-refractivity contribution in [1.29, 1.82) is 0 Å². The van der Waals surface area contributed by atoms with Gasteiger partial charge < -0.3 is 10.2 Å². The molecule has 0 radical (unpaired) electrons. The van der Waals surface area contributed by atoms with Crippen molar-refractivity contribution in [3.05, 3.63) is 71.0 Å². The molecule has 4 nitrogen and oxygen atoms in total. The van der Waals surface area contributed by atoms with Gasteiger partial charge in [-0.2, -0.15) is 0 Å². The van der Waals surface area contributed by atoms with Gasteiger partial charge in [-0.1, -0.05) is 47.9 Å². The van der Waals surface area contributed by atoms with Gasteiger partial charge in [0.05, 0.1) is 11.0 Å². The van der Waals surface area contributed by atoms with Gasteiger partial charge in [0.1, 0.15) is 0 Å². The molecule has 0 spiro atoms. The summed E-state index contributed by atoms with van der Waals surface area (Å²) in [4.78, 5) is 8.45. The van der Waals surface area contributed by atoms with Crippen molar-refractivity contribution in [2.24, 2.45) is 0 Å². The number of nitrogens with zero attached hydrogens (tertiary/aromatic N) is 2. The second-order valence-electron chi connectivity index (χ2n) is 6.47. The van der Waals surface area contributed by atoms with Crippen molar-refractivity contribution in [3.8, 4) is 11.5 Å². The zero-order valence-electron chi connectivity index (χ0n) is 16.4. The molecule has 0 aliphatic carbocycles. The Kier molecular flexibility index (Phi) is 8.68. The van der Waals surface area contributed by atoms with Crippen LogP contribution in [0.2, 0.25) is 0 Å². The minimum Gasteiger partial charge on any atom is -0.871 e. The molecule has 0 aliphatic heterocycles. The van der Waals surface area contributed by atoms with E-state index in [1.807, 2.05) is 52.0 Å². The second-order valence-corrected chi connectivity index (χ2v) is 6.47. The first kappa shape index (κ1) is 24.2. The van der Waals surface area contributed by atoms with Crippen LogP contribution in [0.1, 0.15) is 22.5 Å². The van der Waals surface area contributed by atoms with E-state index in [1.54, 1.807) is 24.3 Å². The molecule has 0 bridgehead atoms. The number of rotatable bonds is 0. The van der Waals surface area contributed by atoms with Crippen molar-refractivity contribution in [1.82, 2.24) is 9.97 Å². The largest absolute Gasteiger partial charge is 3.00 e. The summed E-state index contributed by atoms with van der Waals surface area (Å²) >= 11 is 0. The van der Waals surface area contributed by atoms with Gasteiger partial charge in [0.25, 0.3) is 0 Å². The Bertz CT molecular complexity index is 1030. The monoisotopic (exact) mass is 500 g/mol. The predicted molar refractivity (Wildman–Crippen MR) is 110 cm³/mol. The van der Waals surface area contributed by atoms with Crippen LogP contribution in [0.5, 0.6) is 11.5 Å². The van der Waals surface area contributed by atoms with Crippen LogP contribution in [0.25, 0.3) is 21.8 Å². The third-order valence-corrected chi connectivity index (χ3v) is 4.27. The topological polar surface area (TPSA) is 71.9 Å². The minimum absolute atomic E-state index is 0. The van der Waals surface area contributed by atoms with Crippen LogP contribution >= 0.6 is 0 Å². The van der Waals surface area contributed by atoms with Crippen LogP contribution in [0.3, 0.4) is 0 Å². The molecule has 0 aliphatic rings. The van der Waals surface area contributed by atoms with Crippen LogP contribution in [0.15, 0.2) is 48.5 Å². The Morgan fingerprint density at radius 1 is 0.643 bits per heavy atom.